The summed E-state index contributed by atoms with van der Waals surface area (Å²) in [5.41, 5.74) is 0.926. The minimum atomic E-state index is -0.120. The predicted molar refractivity (Wildman–Crippen MR) is 54.0 cm³/mol. The second-order valence-electron chi connectivity index (χ2n) is 3.00. The van der Waals surface area contributed by atoms with Gasteiger partial charge in [-0.2, -0.15) is 0 Å². The van der Waals surface area contributed by atoms with E-state index in [0.29, 0.717) is 11.1 Å². The maximum Gasteiger partial charge on any atom is 0.298 e. The van der Waals surface area contributed by atoms with Gasteiger partial charge in [-0.1, -0.05) is 0 Å². The molecule has 0 fully saturated rings. The van der Waals surface area contributed by atoms with Crippen LogP contribution in [-0.2, 0) is 20.9 Å². The quantitative estimate of drug-likeness (QED) is 0.532. The summed E-state index contributed by atoms with van der Waals surface area (Å²) in [4.78, 5) is 31.4. The van der Waals surface area contributed by atoms with Gasteiger partial charge in [0.05, 0.1) is 0 Å². The molecule has 5 heteroatoms. The minimum absolute atomic E-state index is 0.0478. The van der Waals surface area contributed by atoms with Gasteiger partial charge < -0.3 is 9.47 Å². The highest BCUT2D eigenvalue weighted by atomic mass is 16.5. The van der Waals surface area contributed by atoms with Crippen LogP contribution in [0.1, 0.15) is 22.8 Å². The van der Waals surface area contributed by atoms with Crippen molar-refractivity contribution >= 4 is 18.7 Å². The molecule has 0 aliphatic carbocycles. The van der Waals surface area contributed by atoms with Crippen molar-refractivity contribution in [2.75, 3.05) is 0 Å². The summed E-state index contributed by atoms with van der Waals surface area (Å²) in [6.45, 7) is 1.92. The maximum atomic E-state index is 11.1. The van der Waals surface area contributed by atoms with E-state index in [1.165, 1.54) is 25.1 Å². The Morgan fingerprint density at radius 3 is 2.62 bits per heavy atom. The second kappa shape index (κ2) is 5.65. The molecule has 0 saturated carbocycles. The van der Waals surface area contributed by atoms with Crippen LogP contribution in [0.15, 0.2) is 18.2 Å². The lowest BCUT2D eigenvalue weighted by molar-refractivity contribution is -0.129. The fraction of sp³-hybridized carbons (Fsp3) is 0.182. The van der Waals surface area contributed by atoms with E-state index in [9.17, 15) is 14.4 Å². The molecule has 0 radical (unpaired) electrons. The standard InChI is InChI=1S/C11H10O5/c1-8(14)9-2-3-11(16-7-13)10(4-9)5-15-6-12/h2-4,6-7H,5H2,1H3. The van der Waals surface area contributed by atoms with Gasteiger partial charge >= 0.3 is 0 Å². The summed E-state index contributed by atoms with van der Waals surface area (Å²) in [7, 11) is 0. The van der Waals surface area contributed by atoms with Gasteiger partial charge in [-0.3, -0.25) is 14.4 Å². The molecule has 16 heavy (non-hydrogen) atoms. The number of benzene rings is 1. The largest absolute Gasteiger partial charge is 0.463 e. The summed E-state index contributed by atoms with van der Waals surface area (Å²) >= 11 is 0. The Hall–Kier alpha value is -2.17. The lowest BCUT2D eigenvalue weighted by atomic mass is 10.1. The predicted octanol–water partition coefficient (Wildman–Crippen LogP) is 1.10. The van der Waals surface area contributed by atoms with E-state index < -0.39 is 0 Å². The number of rotatable bonds is 6. The Morgan fingerprint density at radius 2 is 2.06 bits per heavy atom. The number of carbonyl (C=O) groups excluding carboxylic acids is 3. The average molecular weight is 222 g/mol. The van der Waals surface area contributed by atoms with Crippen LogP contribution >= 0.6 is 0 Å². The SMILES string of the molecule is CC(=O)c1ccc(OC=O)c(COC=O)c1. The Balaban J connectivity index is 3.04. The average Bonchev–Trinajstić information content (AvgIpc) is 2.27. The zero-order valence-electron chi connectivity index (χ0n) is 8.64. The number of hydrogen-bond acceptors (Lipinski definition) is 5. The third kappa shape index (κ3) is 2.91. The molecule has 0 saturated heterocycles. The lowest BCUT2D eigenvalue weighted by Gasteiger charge is -2.07. The van der Waals surface area contributed by atoms with Crippen LogP contribution in [-0.4, -0.2) is 18.7 Å². The Labute approximate surface area is 92.0 Å². The molecule has 84 valence electrons. The Bertz CT molecular complexity index is 411. The van der Waals surface area contributed by atoms with E-state index in [0.717, 1.165) is 0 Å². The molecular weight excluding hydrogens is 212 g/mol. The summed E-state index contributed by atoms with van der Waals surface area (Å²) in [5, 5.41) is 0. The van der Waals surface area contributed by atoms with Crippen LogP contribution in [0.5, 0.6) is 5.75 Å². The molecule has 0 aliphatic heterocycles. The normalized spacial score (nSPS) is 9.31. The minimum Gasteiger partial charge on any atom is -0.463 e. The number of Topliss-reactive ketones (excluding diaryl/α,β-unsaturated/α-hetero) is 1. The smallest absolute Gasteiger partial charge is 0.298 e. The van der Waals surface area contributed by atoms with Crippen LogP contribution < -0.4 is 4.74 Å². The van der Waals surface area contributed by atoms with Crippen molar-refractivity contribution in [3.8, 4) is 5.75 Å². The first kappa shape index (κ1) is 11.9. The highest BCUT2D eigenvalue weighted by Crippen LogP contribution is 2.20. The summed E-state index contributed by atoms with van der Waals surface area (Å²) in [5.74, 6) is 0.145. The molecule has 0 amide bonds. The summed E-state index contributed by atoms with van der Waals surface area (Å²) < 4.78 is 9.23. The molecule has 1 aromatic carbocycles. The van der Waals surface area contributed by atoms with Gasteiger partial charge in [-0.25, -0.2) is 0 Å². The van der Waals surface area contributed by atoms with Gasteiger partial charge in [0.15, 0.2) is 5.78 Å². The van der Waals surface area contributed by atoms with Crippen molar-refractivity contribution in [3.63, 3.8) is 0 Å². The van der Waals surface area contributed by atoms with Gasteiger partial charge in [0.25, 0.3) is 12.9 Å². The molecule has 0 aromatic heterocycles. The molecule has 0 unspecified atom stereocenters. The van der Waals surface area contributed by atoms with Gasteiger partial charge in [-0.15, -0.1) is 0 Å². The van der Waals surface area contributed by atoms with E-state index in [1.807, 2.05) is 0 Å². The van der Waals surface area contributed by atoms with Crippen LogP contribution in [0.3, 0.4) is 0 Å². The van der Waals surface area contributed by atoms with E-state index in [2.05, 4.69) is 9.47 Å². The third-order valence-corrected chi connectivity index (χ3v) is 1.95. The van der Waals surface area contributed by atoms with Gasteiger partial charge in [0, 0.05) is 11.1 Å². The van der Waals surface area contributed by atoms with E-state index >= 15 is 0 Å². The first-order valence-electron chi connectivity index (χ1n) is 4.48. The highest BCUT2D eigenvalue weighted by Gasteiger charge is 2.08. The molecule has 0 atom stereocenters. The molecule has 0 heterocycles. The van der Waals surface area contributed by atoms with Crippen molar-refractivity contribution in [2.45, 2.75) is 13.5 Å². The molecule has 5 nitrogen and oxygen atoms in total. The zero-order valence-corrected chi connectivity index (χ0v) is 8.64. The highest BCUT2D eigenvalue weighted by molar-refractivity contribution is 5.94. The zero-order chi connectivity index (χ0) is 12.0. The van der Waals surface area contributed by atoms with Crippen molar-refractivity contribution in [3.05, 3.63) is 29.3 Å². The molecule has 1 aromatic rings. The number of hydrogen-bond donors (Lipinski definition) is 0. The maximum absolute atomic E-state index is 11.1. The van der Waals surface area contributed by atoms with Crippen molar-refractivity contribution in [1.82, 2.24) is 0 Å². The Morgan fingerprint density at radius 1 is 1.31 bits per heavy atom. The van der Waals surface area contributed by atoms with Gasteiger partial charge in [0.1, 0.15) is 12.4 Å². The van der Waals surface area contributed by atoms with E-state index in [-0.39, 0.29) is 31.1 Å². The van der Waals surface area contributed by atoms with E-state index in [1.54, 1.807) is 0 Å². The van der Waals surface area contributed by atoms with Crippen LogP contribution in [0.25, 0.3) is 0 Å². The van der Waals surface area contributed by atoms with Crippen LogP contribution in [0.4, 0.5) is 0 Å². The molecule has 0 aliphatic rings. The molecule has 1 rings (SSSR count). The number of ketones is 1. The monoisotopic (exact) mass is 222 g/mol. The molecule has 0 spiro atoms. The Kier molecular flexibility index (Phi) is 4.20. The first-order chi connectivity index (χ1) is 7.69. The van der Waals surface area contributed by atoms with Crippen LogP contribution in [0.2, 0.25) is 0 Å². The molecular formula is C11H10O5. The van der Waals surface area contributed by atoms with Crippen molar-refractivity contribution in [2.24, 2.45) is 0 Å². The van der Waals surface area contributed by atoms with Gasteiger partial charge in [0.2, 0.25) is 0 Å². The summed E-state index contributed by atoms with van der Waals surface area (Å²) in [6.07, 6.45) is 0. The van der Waals surface area contributed by atoms with Crippen molar-refractivity contribution < 1.29 is 23.9 Å². The second-order valence-corrected chi connectivity index (χ2v) is 3.00. The molecule has 0 N–H and O–H groups in total. The van der Waals surface area contributed by atoms with Crippen molar-refractivity contribution in [1.29, 1.82) is 0 Å². The summed E-state index contributed by atoms with van der Waals surface area (Å²) in [6, 6.07) is 4.53. The fourth-order valence-electron chi connectivity index (χ4n) is 1.20. The lowest BCUT2D eigenvalue weighted by Crippen LogP contribution is -2.00. The number of ether oxygens (including phenoxy) is 2. The van der Waals surface area contributed by atoms with E-state index in [4.69, 9.17) is 0 Å². The number of carbonyl (C=O) groups is 3. The first-order valence-corrected chi connectivity index (χ1v) is 4.48. The molecule has 0 bridgehead atoms. The third-order valence-electron chi connectivity index (χ3n) is 1.95. The topological polar surface area (TPSA) is 69.7 Å². The fourth-order valence-corrected chi connectivity index (χ4v) is 1.20. The van der Waals surface area contributed by atoms with Crippen LogP contribution in [0, 0.1) is 0 Å². The van der Waals surface area contributed by atoms with Gasteiger partial charge in [-0.05, 0) is 25.1 Å².